The highest BCUT2D eigenvalue weighted by atomic mass is 35.5. The molecule has 0 spiro atoms. The Morgan fingerprint density at radius 1 is 1.08 bits per heavy atom. The van der Waals surface area contributed by atoms with Crippen molar-refractivity contribution in [3.8, 4) is 0 Å². The molecule has 2 aliphatic heterocycles. The quantitative estimate of drug-likeness (QED) is 0.0971. The van der Waals surface area contributed by atoms with E-state index in [0.29, 0.717) is 15.6 Å². The first-order chi connectivity index (χ1) is 22.8. The van der Waals surface area contributed by atoms with Crippen molar-refractivity contribution in [2.24, 2.45) is 12.5 Å². The minimum Gasteiger partial charge on any atom is -0.480 e. The minimum atomic E-state index is -1.59. The fraction of sp³-hybridized carbons (Fsp3) is 0.355. The molecule has 252 valence electrons. The monoisotopic (exact) mass is 714 g/mol. The average Bonchev–Trinajstić information content (AvgIpc) is 3.46. The zero-order chi connectivity index (χ0) is 34.7. The summed E-state index contributed by atoms with van der Waals surface area (Å²) in [5.74, 6) is -5.73. The van der Waals surface area contributed by atoms with E-state index in [1.807, 2.05) is 0 Å². The number of tetrazole rings is 1. The molecule has 1 fully saturated rings. The lowest BCUT2D eigenvalue weighted by Gasteiger charge is -2.49. The topological polar surface area (TPSA) is 183 Å². The number of alkyl halides is 1. The van der Waals surface area contributed by atoms with E-state index >= 15 is 0 Å². The van der Waals surface area contributed by atoms with Gasteiger partial charge in [-0.2, -0.15) is 0 Å². The summed E-state index contributed by atoms with van der Waals surface area (Å²) in [4.78, 5) is 67.6. The Morgan fingerprint density at radius 2 is 1.77 bits per heavy atom. The van der Waals surface area contributed by atoms with E-state index in [-0.39, 0.29) is 22.9 Å². The number of nitrogens with zero attached hydrogens (tertiary/aromatic N) is 5. The van der Waals surface area contributed by atoms with Crippen LogP contribution < -0.4 is 5.32 Å². The van der Waals surface area contributed by atoms with Crippen LogP contribution in [0.5, 0.6) is 0 Å². The number of thioether (sulfide) groups is 2. The summed E-state index contributed by atoms with van der Waals surface area (Å²) in [5, 5.41) is 23.4. The van der Waals surface area contributed by atoms with Crippen LogP contribution in [-0.4, -0.2) is 77.1 Å². The molecule has 2 N–H and O–H groups in total. The molecule has 4 atom stereocenters. The fourth-order valence-corrected chi connectivity index (χ4v) is 7.27. The van der Waals surface area contributed by atoms with Crippen molar-refractivity contribution in [1.82, 2.24) is 30.4 Å². The van der Waals surface area contributed by atoms with E-state index in [2.05, 4.69) is 20.8 Å². The minimum absolute atomic E-state index is 0.138. The number of benzene rings is 2. The van der Waals surface area contributed by atoms with Crippen molar-refractivity contribution in [1.29, 1.82) is 0 Å². The number of rotatable bonds is 11. The Morgan fingerprint density at radius 3 is 2.35 bits per heavy atom. The normalized spacial score (nSPS) is 18.7. The number of amides is 2. The maximum atomic E-state index is 14.0. The number of halogens is 1. The standard InChI is InChI=1S/C31H31ClN6O8S2/c1-31(2,3)29(44)46-28(18-8-6-5-7-9-18)45-27(43)22-19(48-30-34-35-36-37(30)4)15-47-25-21(24(40)38(22)25)33-23(39)20(26(41)42)17-12-10-16(14-32)11-13-17/h5-13,20-21,25,28H,14-15H2,1-4H3,(H,33,39)(H,41,42). The number of carboxylic acids is 1. The molecule has 2 amide bonds. The number of fused-ring (bicyclic) bond motifs is 1. The molecule has 2 aliphatic rings. The summed E-state index contributed by atoms with van der Waals surface area (Å²) >= 11 is 8.14. The maximum Gasteiger partial charge on any atom is 0.359 e. The molecule has 2 aromatic carbocycles. The zero-order valence-electron chi connectivity index (χ0n) is 26.2. The van der Waals surface area contributed by atoms with Crippen LogP contribution in [0.25, 0.3) is 0 Å². The molecule has 0 radical (unpaired) electrons. The van der Waals surface area contributed by atoms with Crippen molar-refractivity contribution in [2.75, 3.05) is 5.75 Å². The van der Waals surface area contributed by atoms with Crippen molar-refractivity contribution < 1.29 is 38.6 Å². The number of β-lactam (4-membered cyclic amide) rings is 1. The zero-order valence-corrected chi connectivity index (χ0v) is 28.5. The molecular formula is C31H31ClN6O8S2. The summed E-state index contributed by atoms with van der Waals surface area (Å²) in [7, 11) is 1.61. The molecule has 3 aromatic rings. The van der Waals surface area contributed by atoms with Crippen LogP contribution in [0, 0.1) is 5.41 Å². The molecule has 0 aliphatic carbocycles. The number of aliphatic carboxylic acids is 1. The highest BCUT2D eigenvalue weighted by molar-refractivity contribution is 8.06. The molecule has 17 heteroatoms. The van der Waals surface area contributed by atoms with Gasteiger partial charge in [0.2, 0.25) is 11.1 Å². The third kappa shape index (κ3) is 7.34. The van der Waals surface area contributed by atoms with Crippen LogP contribution in [-0.2, 0) is 46.4 Å². The fourth-order valence-electron chi connectivity index (χ4n) is 4.72. The van der Waals surface area contributed by atoms with E-state index in [4.69, 9.17) is 21.1 Å². The van der Waals surface area contributed by atoms with Gasteiger partial charge < -0.3 is 19.9 Å². The Bertz CT molecular complexity index is 1760. The van der Waals surface area contributed by atoms with Gasteiger partial charge in [0, 0.05) is 29.1 Å². The van der Waals surface area contributed by atoms with Gasteiger partial charge in [-0.15, -0.1) is 28.5 Å². The average molecular weight is 715 g/mol. The maximum absolute atomic E-state index is 14.0. The van der Waals surface area contributed by atoms with Crippen molar-refractivity contribution in [3.63, 3.8) is 0 Å². The first kappa shape index (κ1) is 34.9. The lowest BCUT2D eigenvalue weighted by atomic mass is 9.96. The third-order valence-electron chi connectivity index (χ3n) is 7.31. The van der Waals surface area contributed by atoms with Crippen LogP contribution >= 0.6 is 35.1 Å². The smallest absolute Gasteiger partial charge is 0.359 e. The molecule has 1 aromatic heterocycles. The molecule has 3 heterocycles. The molecule has 0 bridgehead atoms. The predicted molar refractivity (Wildman–Crippen MR) is 174 cm³/mol. The second-order valence-corrected chi connectivity index (χ2v) is 14.2. The van der Waals surface area contributed by atoms with Gasteiger partial charge in [-0.3, -0.25) is 24.1 Å². The summed E-state index contributed by atoms with van der Waals surface area (Å²) in [6.07, 6.45) is -1.44. The number of carbonyl (C=O) groups is 5. The van der Waals surface area contributed by atoms with Gasteiger partial charge in [0.15, 0.2) is 5.92 Å². The number of hydrogen-bond acceptors (Lipinski definition) is 12. The van der Waals surface area contributed by atoms with Gasteiger partial charge in [0.1, 0.15) is 17.1 Å². The molecule has 0 saturated carbocycles. The van der Waals surface area contributed by atoms with Crippen LogP contribution in [0.1, 0.15) is 49.7 Å². The van der Waals surface area contributed by atoms with Gasteiger partial charge in [0.25, 0.3) is 12.2 Å². The number of carbonyl (C=O) groups excluding carboxylic acids is 4. The van der Waals surface area contributed by atoms with Crippen LogP contribution in [0.3, 0.4) is 0 Å². The number of aromatic nitrogens is 4. The van der Waals surface area contributed by atoms with Gasteiger partial charge in [0.05, 0.1) is 5.41 Å². The number of aryl methyl sites for hydroxylation is 1. The highest BCUT2D eigenvalue weighted by Crippen LogP contribution is 2.45. The molecule has 4 unspecified atom stereocenters. The number of esters is 2. The first-order valence-electron chi connectivity index (χ1n) is 14.5. The molecule has 5 rings (SSSR count). The molecular weight excluding hydrogens is 684 g/mol. The lowest BCUT2D eigenvalue weighted by molar-refractivity contribution is -0.195. The number of hydrogen-bond donors (Lipinski definition) is 2. The summed E-state index contributed by atoms with van der Waals surface area (Å²) < 4.78 is 12.8. The Kier molecular flexibility index (Phi) is 10.5. The summed E-state index contributed by atoms with van der Waals surface area (Å²) in [6.45, 7) is 4.97. The largest absolute Gasteiger partial charge is 0.480 e. The lowest BCUT2D eigenvalue weighted by Crippen LogP contribution is -2.71. The Hall–Kier alpha value is -4.41. The molecule has 1 saturated heterocycles. The second-order valence-electron chi connectivity index (χ2n) is 11.8. The Balaban J connectivity index is 1.43. The third-order valence-corrected chi connectivity index (χ3v) is 10.2. The van der Waals surface area contributed by atoms with Crippen LogP contribution in [0.2, 0.25) is 0 Å². The second kappa shape index (κ2) is 14.4. The highest BCUT2D eigenvalue weighted by Gasteiger charge is 2.55. The van der Waals surface area contributed by atoms with Gasteiger partial charge in [-0.05, 0) is 54.1 Å². The van der Waals surface area contributed by atoms with E-state index in [1.54, 1.807) is 70.3 Å². The Labute approximate surface area is 288 Å². The molecule has 48 heavy (non-hydrogen) atoms. The first-order valence-corrected chi connectivity index (χ1v) is 16.9. The number of nitrogens with one attached hydrogen (secondary N) is 1. The van der Waals surface area contributed by atoms with E-state index in [0.717, 1.165) is 17.3 Å². The van der Waals surface area contributed by atoms with Crippen LogP contribution in [0.4, 0.5) is 0 Å². The van der Waals surface area contributed by atoms with Crippen molar-refractivity contribution >= 4 is 64.8 Å². The van der Waals surface area contributed by atoms with Gasteiger partial charge in [-0.1, -0.05) is 54.6 Å². The van der Waals surface area contributed by atoms with Crippen molar-refractivity contribution in [3.05, 3.63) is 81.9 Å². The number of carboxylic acid groups (broad SMARTS) is 1. The van der Waals surface area contributed by atoms with E-state index in [1.165, 1.54) is 33.5 Å². The molecule has 14 nitrogen and oxygen atoms in total. The number of ether oxygens (including phenoxy) is 2. The summed E-state index contributed by atoms with van der Waals surface area (Å²) in [5.41, 5.74) is 0.292. The SMILES string of the molecule is Cn1nnnc1SC1=C(C(=O)OC(OC(=O)C(C)(C)C)c2ccccc2)N2C(=O)C(NC(=O)C(C(=O)O)c3ccc(CCl)cc3)C2SC1. The van der Waals surface area contributed by atoms with E-state index in [9.17, 15) is 29.1 Å². The van der Waals surface area contributed by atoms with E-state index < -0.39 is 58.8 Å². The van der Waals surface area contributed by atoms with Crippen LogP contribution in [0.15, 0.2) is 70.4 Å². The summed E-state index contributed by atoms with van der Waals surface area (Å²) in [6, 6.07) is 13.5. The van der Waals surface area contributed by atoms with Gasteiger partial charge in [-0.25, -0.2) is 9.48 Å². The van der Waals surface area contributed by atoms with Gasteiger partial charge >= 0.3 is 17.9 Å². The van der Waals surface area contributed by atoms with Crippen molar-refractivity contribution in [2.45, 2.75) is 55.4 Å². The predicted octanol–water partition coefficient (Wildman–Crippen LogP) is 3.35.